The summed E-state index contributed by atoms with van der Waals surface area (Å²) >= 11 is 0. The predicted molar refractivity (Wildman–Crippen MR) is 384 cm³/mol. The number of aromatic nitrogens is 6. The number of para-hydroxylation sites is 3. The number of nitrogens with zero attached hydrogens (tertiary/aromatic N) is 6. The first-order valence-corrected chi connectivity index (χ1v) is 31.4. The first kappa shape index (κ1) is 55.3. The number of hydrogen-bond donors (Lipinski definition) is 0. The maximum absolute atomic E-state index is 6.41. The smallest absolute Gasteiger partial charge is 0.164 e. The summed E-state index contributed by atoms with van der Waals surface area (Å²) in [5.74, 6) is 3.86. The van der Waals surface area contributed by atoms with Gasteiger partial charge in [0.1, 0.15) is 22.3 Å². The van der Waals surface area contributed by atoms with E-state index >= 15 is 0 Å². The summed E-state index contributed by atoms with van der Waals surface area (Å²) in [5.41, 5.74) is 18.3. The van der Waals surface area contributed by atoms with E-state index in [1.807, 2.05) is 127 Å². The molecule has 0 atom stereocenters. The SMILES string of the molecule is c1ccc(-c2ccc(-c3nc(-c4ccccc4)nc(-c4ccc(-c5ccc6c(c5)oc5ccccc56)c5ccccc45)n3)cc2)cc1.c1ccc(-c2nc(-c3ccccc3)nc(-c3ccc(-c4ccc(-c5cccc6c5oc5ccccc56)c5ccccc45)cc3)n2)cc1. The maximum Gasteiger partial charge on any atom is 0.164 e. The number of rotatable bonds is 10. The molecule has 440 valence electrons. The highest BCUT2D eigenvalue weighted by molar-refractivity contribution is 6.14. The van der Waals surface area contributed by atoms with E-state index < -0.39 is 0 Å². The van der Waals surface area contributed by atoms with Gasteiger partial charge in [0.15, 0.2) is 34.9 Å². The lowest BCUT2D eigenvalue weighted by atomic mass is 9.91. The monoisotopic (exact) mass is 1200 g/mol. The molecule has 0 fully saturated rings. The van der Waals surface area contributed by atoms with Crippen LogP contribution in [0.3, 0.4) is 0 Å². The average molecular weight is 1200 g/mol. The predicted octanol–water partition coefficient (Wildman–Crippen LogP) is 22.5. The number of fused-ring (bicyclic) bond motifs is 8. The van der Waals surface area contributed by atoms with Gasteiger partial charge in [0.05, 0.1) is 0 Å². The third-order valence-electron chi connectivity index (χ3n) is 17.5. The second kappa shape index (κ2) is 23.9. The van der Waals surface area contributed by atoms with Crippen LogP contribution in [0.25, 0.3) is 178 Å². The molecule has 18 rings (SSSR count). The highest BCUT2D eigenvalue weighted by atomic mass is 16.3. The summed E-state index contributed by atoms with van der Waals surface area (Å²) in [6.45, 7) is 0. The van der Waals surface area contributed by atoms with Crippen molar-refractivity contribution < 1.29 is 8.83 Å². The molecule has 94 heavy (non-hydrogen) atoms. The Morgan fingerprint density at radius 3 is 1.00 bits per heavy atom. The largest absolute Gasteiger partial charge is 0.456 e. The van der Waals surface area contributed by atoms with Gasteiger partial charge in [-0.25, -0.2) is 29.9 Å². The molecule has 8 nitrogen and oxygen atoms in total. The molecule has 0 spiro atoms. The zero-order valence-corrected chi connectivity index (χ0v) is 50.7. The van der Waals surface area contributed by atoms with Gasteiger partial charge in [0.25, 0.3) is 0 Å². The molecule has 0 saturated carbocycles. The quantitative estimate of drug-likeness (QED) is 0.133. The molecule has 14 aromatic carbocycles. The van der Waals surface area contributed by atoms with Crippen molar-refractivity contribution in [1.82, 2.24) is 29.9 Å². The molecule has 0 aliphatic rings. The van der Waals surface area contributed by atoms with Crippen LogP contribution in [0.5, 0.6) is 0 Å². The van der Waals surface area contributed by atoms with Gasteiger partial charge in [-0.2, -0.15) is 0 Å². The number of furan rings is 2. The Morgan fingerprint density at radius 2 is 0.479 bits per heavy atom. The second-order valence-corrected chi connectivity index (χ2v) is 23.2. The highest BCUT2D eigenvalue weighted by Gasteiger charge is 2.20. The van der Waals surface area contributed by atoms with Gasteiger partial charge in [0.2, 0.25) is 0 Å². The molecule has 8 heteroatoms. The van der Waals surface area contributed by atoms with Crippen LogP contribution in [0.1, 0.15) is 0 Å². The summed E-state index contributed by atoms with van der Waals surface area (Å²) in [5, 5.41) is 9.07. The molecule has 0 bridgehead atoms. The molecule has 4 aromatic heterocycles. The van der Waals surface area contributed by atoms with Gasteiger partial charge >= 0.3 is 0 Å². The van der Waals surface area contributed by atoms with Crippen molar-refractivity contribution in [3.8, 4) is 113 Å². The minimum Gasteiger partial charge on any atom is -0.456 e. The molecule has 0 N–H and O–H groups in total. The summed E-state index contributed by atoms with van der Waals surface area (Å²) in [6, 6.07) is 113. The minimum absolute atomic E-state index is 0.636. The third-order valence-corrected chi connectivity index (χ3v) is 17.5. The summed E-state index contributed by atoms with van der Waals surface area (Å²) < 4.78 is 12.6. The molecule has 0 saturated heterocycles. The van der Waals surface area contributed by atoms with Crippen molar-refractivity contribution >= 4 is 65.4 Å². The lowest BCUT2D eigenvalue weighted by Crippen LogP contribution is -2.00. The lowest BCUT2D eigenvalue weighted by Gasteiger charge is -2.13. The van der Waals surface area contributed by atoms with Crippen molar-refractivity contribution in [2.24, 2.45) is 0 Å². The van der Waals surface area contributed by atoms with Crippen LogP contribution in [0.15, 0.2) is 336 Å². The third kappa shape index (κ3) is 10.4. The molecule has 18 aromatic rings. The van der Waals surface area contributed by atoms with Crippen LogP contribution in [-0.4, -0.2) is 29.9 Å². The molecule has 0 aliphatic heterocycles. The van der Waals surface area contributed by atoms with E-state index in [9.17, 15) is 0 Å². The molecule has 4 heterocycles. The van der Waals surface area contributed by atoms with Crippen molar-refractivity contribution in [3.63, 3.8) is 0 Å². The van der Waals surface area contributed by atoms with E-state index in [-0.39, 0.29) is 0 Å². The van der Waals surface area contributed by atoms with Crippen LogP contribution >= 0.6 is 0 Å². The van der Waals surface area contributed by atoms with Crippen LogP contribution in [0, 0.1) is 0 Å². The Labute approximate surface area is 541 Å². The van der Waals surface area contributed by atoms with Crippen LogP contribution in [-0.2, 0) is 0 Å². The number of hydrogen-bond acceptors (Lipinski definition) is 8. The van der Waals surface area contributed by atoms with Crippen LogP contribution in [0.4, 0.5) is 0 Å². The van der Waals surface area contributed by atoms with Gasteiger partial charge in [-0.15, -0.1) is 0 Å². The molecule has 0 aliphatic carbocycles. The van der Waals surface area contributed by atoms with Crippen LogP contribution < -0.4 is 0 Å². The topological polar surface area (TPSA) is 104 Å². The van der Waals surface area contributed by atoms with Crippen LogP contribution in [0.2, 0.25) is 0 Å². The fraction of sp³-hybridized carbons (Fsp3) is 0. The normalized spacial score (nSPS) is 11.4. The van der Waals surface area contributed by atoms with E-state index in [2.05, 4.69) is 200 Å². The zero-order valence-electron chi connectivity index (χ0n) is 50.7. The Kier molecular flexibility index (Phi) is 14.0. The van der Waals surface area contributed by atoms with E-state index in [4.69, 9.17) is 38.7 Å². The molecule has 0 amide bonds. The van der Waals surface area contributed by atoms with Gasteiger partial charge in [-0.1, -0.05) is 297 Å². The van der Waals surface area contributed by atoms with Gasteiger partial charge in [0, 0.05) is 60.5 Å². The first-order chi connectivity index (χ1) is 46.6. The summed E-state index contributed by atoms with van der Waals surface area (Å²) in [6.07, 6.45) is 0. The van der Waals surface area contributed by atoms with E-state index in [1.54, 1.807) is 0 Å². The van der Waals surface area contributed by atoms with Crippen molar-refractivity contribution in [3.05, 3.63) is 328 Å². The standard InChI is InChI=1S/2C43H27N3O/c1-3-12-29(13-4-1)41-44-42(30-14-5-2-6-15-30)46-43(45-41)31-24-22-28(23-25-31)32-26-27-35(34-17-8-7-16-33(32)34)37-19-11-20-38-36-18-9-10-21-39(36)47-40(37)38;1-3-11-28(12-4-1)29-19-21-31(22-20-29)42-44-41(30-13-5-2-6-14-30)45-43(46-42)38-26-25-33(34-15-7-8-16-35(34)38)32-23-24-37-36-17-9-10-18-39(36)47-40(37)27-32/h2*1-27H. The van der Waals surface area contributed by atoms with E-state index in [0.717, 1.165) is 121 Å². The maximum atomic E-state index is 6.41. The zero-order chi connectivity index (χ0) is 62.3. The lowest BCUT2D eigenvalue weighted by molar-refractivity contribution is 0.669. The fourth-order valence-corrected chi connectivity index (χ4v) is 12.9. The Hall–Kier alpha value is -12.8. The Morgan fingerprint density at radius 1 is 0.160 bits per heavy atom. The highest BCUT2D eigenvalue weighted by Crippen LogP contribution is 2.43. The van der Waals surface area contributed by atoms with E-state index in [1.165, 1.54) is 21.9 Å². The Bertz CT molecular complexity index is 5780. The average Bonchev–Trinajstić information content (AvgIpc) is 1.52. The Balaban J connectivity index is 0.000000143. The molecular formula is C86H54N6O2. The first-order valence-electron chi connectivity index (χ1n) is 31.4. The van der Waals surface area contributed by atoms with Crippen molar-refractivity contribution in [2.75, 3.05) is 0 Å². The van der Waals surface area contributed by atoms with Crippen molar-refractivity contribution in [1.29, 1.82) is 0 Å². The van der Waals surface area contributed by atoms with Gasteiger partial charge in [-0.3, -0.25) is 0 Å². The number of benzene rings is 14. The van der Waals surface area contributed by atoms with Gasteiger partial charge < -0.3 is 8.83 Å². The van der Waals surface area contributed by atoms with Crippen molar-refractivity contribution in [2.45, 2.75) is 0 Å². The second-order valence-electron chi connectivity index (χ2n) is 23.2. The molecular weight excluding hydrogens is 1150 g/mol. The van der Waals surface area contributed by atoms with Gasteiger partial charge in [-0.05, 0) is 90.8 Å². The van der Waals surface area contributed by atoms with E-state index in [0.29, 0.717) is 34.9 Å². The molecule has 0 unspecified atom stereocenters. The summed E-state index contributed by atoms with van der Waals surface area (Å²) in [4.78, 5) is 29.7. The minimum atomic E-state index is 0.636. The fourth-order valence-electron chi connectivity index (χ4n) is 12.9. The summed E-state index contributed by atoms with van der Waals surface area (Å²) in [7, 11) is 0. The molecule has 0 radical (unpaired) electrons.